The zero-order valence-corrected chi connectivity index (χ0v) is 9.48. The van der Waals surface area contributed by atoms with Crippen molar-refractivity contribution in [2.24, 2.45) is 0 Å². The van der Waals surface area contributed by atoms with Crippen molar-refractivity contribution in [1.82, 2.24) is 10.3 Å². The minimum Gasteiger partial charge on any atom is -0.379 e. The van der Waals surface area contributed by atoms with Crippen LogP contribution in [0.3, 0.4) is 0 Å². The highest BCUT2D eigenvalue weighted by Crippen LogP contribution is 2.38. The van der Waals surface area contributed by atoms with Gasteiger partial charge in [-0.3, -0.25) is 4.98 Å². The normalized spacial score (nSPS) is 28.4. The van der Waals surface area contributed by atoms with Crippen LogP contribution in [-0.4, -0.2) is 30.8 Å². The van der Waals surface area contributed by atoms with Gasteiger partial charge in [0.2, 0.25) is 0 Å². The minimum atomic E-state index is 0.189. The molecule has 0 radical (unpaired) electrons. The quantitative estimate of drug-likeness (QED) is 0.816. The van der Waals surface area contributed by atoms with Crippen molar-refractivity contribution in [2.45, 2.75) is 30.7 Å². The number of nitrogens with one attached hydrogen (secondary N) is 1. The second-order valence-electron chi connectivity index (χ2n) is 4.89. The fraction of sp³-hybridized carbons (Fsp3) is 0.615. The first-order chi connectivity index (χ1) is 7.92. The number of piperidine rings is 1. The molecule has 3 heterocycles. The summed E-state index contributed by atoms with van der Waals surface area (Å²) in [7, 11) is 0. The van der Waals surface area contributed by atoms with E-state index in [2.05, 4.69) is 16.4 Å². The van der Waals surface area contributed by atoms with Crippen LogP contribution in [0.4, 0.5) is 0 Å². The van der Waals surface area contributed by atoms with Crippen LogP contribution < -0.4 is 5.32 Å². The predicted molar refractivity (Wildman–Crippen MR) is 62.4 cm³/mol. The van der Waals surface area contributed by atoms with Gasteiger partial charge in [-0.1, -0.05) is 12.5 Å². The van der Waals surface area contributed by atoms with Crippen molar-refractivity contribution in [3.05, 3.63) is 30.1 Å². The molecule has 1 aromatic heterocycles. The zero-order chi connectivity index (χ0) is 10.8. The molecule has 2 saturated heterocycles. The van der Waals surface area contributed by atoms with Crippen molar-refractivity contribution in [1.29, 1.82) is 0 Å². The molecule has 2 aliphatic heterocycles. The van der Waals surface area contributed by atoms with Gasteiger partial charge in [0.25, 0.3) is 0 Å². The Labute approximate surface area is 96.2 Å². The molecule has 0 saturated carbocycles. The molecule has 2 aliphatic rings. The van der Waals surface area contributed by atoms with E-state index in [9.17, 15) is 0 Å². The molecular weight excluding hydrogens is 200 g/mol. The van der Waals surface area contributed by atoms with Crippen molar-refractivity contribution >= 4 is 0 Å². The number of pyridine rings is 1. The van der Waals surface area contributed by atoms with Gasteiger partial charge in [-0.25, -0.2) is 0 Å². The molecule has 1 unspecified atom stereocenters. The predicted octanol–water partition coefficient (Wildman–Crippen LogP) is 1.49. The molecule has 1 N–H and O–H groups in total. The van der Waals surface area contributed by atoms with E-state index in [1.165, 1.54) is 24.8 Å². The highest BCUT2D eigenvalue weighted by Gasteiger charge is 2.47. The van der Waals surface area contributed by atoms with E-state index < -0.39 is 0 Å². The Morgan fingerprint density at radius 1 is 1.38 bits per heavy atom. The SMILES string of the molecule is c1cncc(C2(C3CCCCN3)COC2)c1. The highest BCUT2D eigenvalue weighted by atomic mass is 16.5. The Morgan fingerprint density at radius 3 is 2.88 bits per heavy atom. The summed E-state index contributed by atoms with van der Waals surface area (Å²) >= 11 is 0. The molecule has 1 atom stereocenters. The summed E-state index contributed by atoms with van der Waals surface area (Å²) in [5.74, 6) is 0. The maximum atomic E-state index is 5.48. The van der Waals surface area contributed by atoms with E-state index in [4.69, 9.17) is 4.74 Å². The summed E-state index contributed by atoms with van der Waals surface area (Å²) in [5, 5.41) is 3.65. The third-order valence-corrected chi connectivity index (χ3v) is 3.93. The van der Waals surface area contributed by atoms with Crippen LogP contribution in [-0.2, 0) is 10.2 Å². The monoisotopic (exact) mass is 218 g/mol. The van der Waals surface area contributed by atoms with Gasteiger partial charge >= 0.3 is 0 Å². The first-order valence-corrected chi connectivity index (χ1v) is 6.13. The summed E-state index contributed by atoms with van der Waals surface area (Å²) < 4.78 is 5.48. The first kappa shape index (κ1) is 10.2. The van der Waals surface area contributed by atoms with Crippen LogP contribution >= 0.6 is 0 Å². The van der Waals surface area contributed by atoms with E-state index in [-0.39, 0.29) is 5.41 Å². The number of nitrogens with zero attached hydrogens (tertiary/aromatic N) is 1. The molecule has 2 fully saturated rings. The second-order valence-corrected chi connectivity index (χ2v) is 4.89. The third-order valence-electron chi connectivity index (χ3n) is 3.93. The van der Waals surface area contributed by atoms with Crippen LogP contribution in [0, 0.1) is 0 Å². The topological polar surface area (TPSA) is 34.2 Å². The Hall–Kier alpha value is -0.930. The lowest BCUT2D eigenvalue weighted by Gasteiger charge is -2.49. The van der Waals surface area contributed by atoms with Gasteiger partial charge in [-0.05, 0) is 31.0 Å². The molecule has 3 nitrogen and oxygen atoms in total. The van der Waals surface area contributed by atoms with Gasteiger partial charge in [0.15, 0.2) is 0 Å². The van der Waals surface area contributed by atoms with E-state index in [0.717, 1.165) is 19.8 Å². The van der Waals surface area contributed by atoms with Crippen molar-refractivity contribution in [2.75, 3.05) is 19.8 Å². The molecule has 86 valence electrons. The Balaban J connectivity index is 1.87. The van der Waals surface area contributed by atoms with Gasteiger partial charge in [-0.15, -0.1) is 0 Å². The Bertz CT molecular complexity index is 342. The van der Waals surface area contributed by atoms with Gasteiger partial charge in [0, 0.05) is 18.4 Å². The van der Waals surface area contributed by atoms with Gasteiger partial charge < -0.3 is 10.1 Å². The van der Waals surface area contributed by atoms with Crippen molar-refractivity contribution in [3.8, 4) is 0 Å². The molecule has 0 amide bonds. The molecule has 0 bridgehead atoms. The number of hydrogen-bond donors (Lipinski definition) is 1. The fourth-order valence-corrected chi connectivity index (χ4v) is 2.87. The summed E-state index contributed by atoms with van der Waals surface area (Å²) in [4.78, 5) is 4.24. The molecule has 3 heteroatoms. The van der Waals surface area contributed by atoms with Gasteiger partial charge in [0.1, 0.15) is 0 Å². The Kier molecular flexibility index (Phi) is 2.65. The third kappa shape index (κ3) is 1.55. The maximum absolute atomic E-state index is 5.48. The number of aromatic nitrogens is 1. The number of rotatable bonds is 2. The van der Waals surface area contributed by atoms with Crippen molar-refractivity contribution in [3.63, 3.8) is 0 Å². The van der Waals surface area contributed by atoms with E-state index in [0.29, 0.717) is 6.04 Å². The van der Waals surface area contributed by atoms with Crippen LogP contribution in [0.1, 0.15) is 24.8 Å². The lowest BCUT2D eigenvalue weighted by Crippen LogP contribution is -2.61. The van der Waals surface area contributed by atoms with Crippen LogP contribution in [0.2, 0.25) is 0 Å². The smallest absolute Gasteiger partial charge is 0.0601 e. The first-order valence-electron chi connectivity index (χ1n) is 6.13. The largest absolute Gasteiger partial charge is 0.379 e. The van der Waals surface area contributed by atoms with Crippen LogP contribution in [0.5, 0.6) is 0 Å². The average molecular weight is 218 g/mol. The van der Waals surface area contributed by atoms with Crippen molar-refractivity contribution < 1.29 is 4.74 Å². The molecule has 0 spiro atoms. The van der Waals surface area contributed by atoms with Crippen LogP contribution in [0.15, 0.2) is 24.5 Å². The fourth-order valence-electron chi connectivity index (χ4n) is 2.87. The molecular formula is C13H18N2O. The highest BCUT2D eigenvalue weighted by molar-refractivity contribution is 5.28. The summed E-state index contributed by atoms with van der Waals surface area (Å²) in [6.07, 6.45) is 7.74. The van der Waals surface area contributed by atoms with E-state index in [1.54, 1.807) is 0 Å². The molecule has 0 aromatic carbocycles. The standard InChI is InChI=1S/C13H18N2O/c1-2-7-15-12(5-1)13(9-16-10-13)11-4-3-6-14-8-11/h3-4,6,8,12,15H,1-2,5,7,9-10H2. The minimum absolute atomic E-state index is 0.189. The Morgan fingerprint density at radius 2 is 2.31 bits per heavy atom. The van der Waals surface area contributed by atoms with Gasteiger partial charge in [0.05, 0.1) is 18.6 Å². The lowest BCUT2D eigenvalue weighted by atomic mass is 9.70. The summed E-state index contributed by atoms with van der Waals surface area (Å²) in [6.45, 7) is 2.83. The molecule has 16 heavy (non-hydrogen) atoms. The van der Waals surface area contributed by atoms with Gasteiger partial charge in [-0.2, -0.15) is 0 Å². The summed E-state index contributed by atoms with van der Waals surface area (Å²) in [5.41, 5.74) is 1.52. The average Bonchev–Trinajstić information content (AvgIpc) is 2.31. The summed E-state index contributed by atoms with van der Waals surface area (Å²) in [6, 6.07) is 4.78. The van der Waals surface area contributed by atoms with Crippen LogP contribution in [0.25, 0.3) is 0 Å². The second kappa shape index (κ2) is 4.15. The number of ether oxygens (including phenoxy) is 1. The van der Waals surface area contributed by atoms with E-state index >= 15 is 0 Å². The molecule has 0 aliphatic carbocycles. The number of hydrogen-bond acceptors (Lipinski definition) is 3. The lowest BCUT2D eigenvalue weighted by molar-refractivity contribution is -0.0828. The molecule has 3 rings (SSSR count). The zero-order valence-electron chi connectivity index (χ0n) is 9.48. The van der Waals surface area contributed by atoms with E-state index in [1.807, 2.05) is 18.5 Å². The molecule has 1 aromatic rings. The maximum Gasteiger partial charge on any atom is 0.0601 e.